The molecule has 2 heterocycles. The molecule has 8 heteroatoms. The third kappa shape index (κ3) is 3.70. The molecule has 0 saturated carbocycles. The number of aromatic nitrogens is 3. The van der Waals surface area contributed by atoms with Crippen LogP contribution in [-0.4, -0.2) is 54.3 Å². The van der Waals surface area contributed by atoms with Gasteiger partial charge in [-0.15, -0.1) is 5.10 Å². The van der Waals surface area contributed by atoms with Gasteiger partial charge in [-0.1, -0.05) is 35.5 Å². The van der Waals surface area contributed by atoms with Gasteiger partial charge in [0.05, 0.1) is 32.8 Å². The number of rotatable bonds is 6. The summed E-state index contributed by atoms with van der Waals surface area (Å²) in [6.45, 7) is 2.72. The van der Waals surface area contributed by atoms with Gasteiger partial charge >= 0.3 is 0 Å². The van der Waals surface area contributed by atoms with Crippen molar-refractivity contribution in [3.8, 4) is 17.2 Å². The van der Waals surface area contributed by atoms with Crippen LogP contribution in [0.1, 0.15) is 24.4 Å². The van der Waals surface area contributed by atoms with E-state index in [2.05, 4.69) is 39.5 Å². The molecule has 0 aliphatic carbocycles. The Hall–Kier alpha value is -3.13. The van der Waals surface area contributed by atoms with Gasteiger partial charge in [0, 0.05) is 19.6 Å². The van der Waals surface area contributed by atoms with Crippen LogP contribution >= 0.6 is 0 Å². The summed E-state index contributed by atoms with van der Waals surface area (Å²) < 4.78 is 17.7. The topological polar surface area (TPSA) is 78.7 Å². The molecular weight excluding hydrogens is 384 g/mol. The van der Waals surface area contributed by atoms with Crippen molar-refractivity contribution in [2.24, 2.45) is 0 Å². The van der Waals surface area contributed by atoms with Gasteiger partial charge in [0.25, 0.3) is 5.56 Å². The second kappa shape index (κ2) is 8.71. The number of hydrogen-bond donors (Lipinski definition) is 0. The molecule has 1 aromatic heterocycles. The molecule has 2 aromatic carbocycles. The summed E-state index contributed by atoms with van der Waals surface area (Å²) in [5.41, 5.74) is 1.48. The van der Waals surface area contributed by atoms with Crippen molar-refractivity contribution in [3.63, 3.8) is 0 Å². The lowest BCUT2D eigenvalue weighted by molar-refractivity contribution is 0.169. The summed E-state index contributed by atoms with van der Waals surface area (Å²) in [5, 5.41) is 8.94. The number of likely N-dealkylation sites (tertiary alicyclic amines) is 1. The van der Waals surface area contributed by atoms with Crippen LogP contribution in [0.25, 0.3) is 10.9 Å². The van der Waals surface area contributed by atoms with Crippen molar-refractivity contribution in [1.29, 1.82) is 0 Å². The molecule has 30 heavy (non-hydrogen) atoms. The van der Waals surface area contributed by atoms with Gasteiger partial charge in [0.15, 0.2) is 11.5 Å². The molecule has 0 unspecified atom stereocenters. The van der Waals surface area contributed by atoms with E-state index >= 15 is 0 Å². The number of methoxy groups -OCH3 is 3. The summed E-state index contributed by atoms with van der Waals surface area (Å²) in [7, 11) is 4.55. The first-order chi connectivity index (χ1) is 14.7. The highest BCUT2D eigenvalue weighted by Gasteiger charge is 2.25. The predicted molar refractivity (Wildman–Crippen MR) is 113 cm³/mol. The fourth-order valence-electron chi connectivity index (χ4n) is 4.06. The van der Waals surface area contributed by atoms with E-state index in [4.69, 9.17) is 14.2 Å². The van der Waals surface area contributed by atoms with E-state index in [1.54, 1.807) is 6.07 Å². The van der Waals surface area contributed by atoms with Crippen LogP contribution in [0, 0.1) is 0 Å². The fourth-order valence-corrected chi connectivity index (χ4v) is 4.06. The molecular formula is C22H26N4O4. The van der Waals surface area contributed by atoms with Crippen LogP contribution < -0.4 is 19.8 Å². The molecule has 0 amide bonds. The van der Waals surface area contributed by atoms with E-state index in [1.165, 1.54) is 31.6 Å². The quantitative estimate of drug-likeness (QED) is 0.618. The summed E-state index contributed by atoms with van der Waals surface area (Å²) in [5.74, 6) is 1.17. The van der Waals surface area contributed by atoms with Gasteiger partial charge in [-0.25, -0.2) is 4.68 Å². The number of benzene rings is 2. The smallest absolute Gasteiger partial charge is 0.278 e. The number of hydrogen-bond acceptors (Lipinski definition) is 7. The SMILES string of the molecule is COc1cc2c(=O)n(C3CCN(Cc4ccccc4)CC3)nnc2c(OC)c1OC. The van der Waals surface area contributed by atoms with Crippen molar-refractivity contribution < 1.29 is 14.2 Å². The fraction of sp³-hybridized carbons (Fsp3) is 0.409. The first-order valence-electron chi connectivity index (χ1n) is 10.0. The van der Waals surface area contributed by atoms with E-state index in [9.17, 15) is 4.79 Å². The maximum atomic E-state index is 13.2. The average molecular weight is 410 g/mol. The molecule has 4 rings (SSSR count). The molecule has 1 aliphatic heterocycles. The Labute approximate surface area is 175 Å². The van der Waals surface area contributed by atoms with E-state index < -0.39 is 0 Å². The minimum atomic E-state index is -0.194. The largest absolute Gasteiger partial charge is 0.493 e. The van der Waals surface area contributed by atoms with Crippen molar-refractivity contribution in [2.75, 3.05) is 34.4 Å². The van der Waals surface area contributed by atoms with Crippen LogP contribution in [0.3, 0.4) is 0 Å². The van der Waals surface area contributed by atoms with Crippen LogP contribution in [0.15, 0.2) is 41.2 Å². The van der Waals surface area contributed by atoms with Gasteiger partial charge < -0.3 is 14.2 Å². The lowest BCUT2D eigenvalue weighted by Crippen LogP contribution is -2.38. The van der Waals surface area contributed by atoms with Gasteiger partial charge in [-0.05, 0) is 24.5 Å². The molecule has 3 aromatic rings. The van der Waals surface area contributed by atoms with Crippen LogP contribution in [0.4, 0.5) is 0 Å². The maximum Gasteiger partial charge on any atom is 0.278 e. The Morgan fingerprint density at radius 2 is 1.70 bits per heavy atom. The normalized spacial score (nSPS) is 15.3. The monoisotopic (exact) mass is 410 g/mol. The molecule has 1 aliphatic rings. The van der Waals surface area contributed by atoms with Crippen LogP contribution in [-0.2, 0) is 6.54 Å². The van der Waals surface area contributed by atoms with Crippen molar-refractivity contribution in [3.05, 3.63) is 52.3 Å². The maximum absolute atomic E-state index is 13.2. The minimum absolute atomic E-state index is 0.0144. The van der Waals surface area contributed by atoms with E-state index in [1.807, 2.05) is 6.07 Å². The molecule has 8 nitrogen and oxygen atoms in total. The van der Waals surface area contributed by atoms with Crippen molar-refractivity contribution >= 4 is 10.9 Å². The summed E-state index contributed by atoms with van der Waals surface area (Å²) in [4.78, 5) is 15.6. The van der Waals surface area contributed by atoms with Gasteiger partial charge in [0.2, 0.25) is 5.75 Å². The summed E-state index contributed by atoms with van der Waals surface area (Å²) in [6, 6.07) is 12.1. The molecule has 0 spiro atoms. The highest BCUT2D eigenvalue weighted by Crippen LogP contribution is 2.41. The van der Waals surface area contributed by atoms with Gasteiger partial charge in [-0.3, -0.25) is 9.69 Å². The molecule has 0 N–H and O–H groups in total. The third-order valence-corrected chi connectivity index (χ3v) is 5.64. The third-order valence-electron chi connectivity index (χ3n) is 5.64. The van der Waals surface area contributed by atoms with Crippen molar-refractivity contribution in [1.82, 2.24) is 19.9 Å². The molecule has 0 radical (unpaired) electrons. The zero-order valence-corrected chi connectivity index (χ0v) is 17.5. The molecule has 1 fully saturated rings. The van der Waals surface area contributed by atoms with E-state index in [-0.39, 0.29) is 11.6 Å². The molecule has 1 saturated heterocycles. The lowest BCUT2D eigenvalue weighted by Gasteiger charge is -2.32. The second-order valence-corrected chi connectivity index (χ2v) is 7.37. The zero-order chi connectivity index (χ0) is 21.1. The second-order valence-electron chi connectivity index (χ2n) is 7.37. The number of piperidine rings is 1. The number of ether oxygens (including phenoxy) is 3. The average Bonchev–Trinajstić information content (AvgIpc) is 2.79. The van der Waals surface area contributed by atoms with E-state index in [0.717, 1.165) is 32.5 Å². The molecule has 158 valence electrons. The standard InChI is InChI=1S/C22H26N4O4/c1-28-18-13-17-19(21(30-3)20(18)29-2)23-24-26(22(17)27)16-9-11-25(12-10-16)14-15-7-5-4-6-8-15/h4-8,13,16H,9-12,14H2,1-3H3. The Balaban J connectivity index is 1.60. The number of nitrogens with zero attached hydrogens (tertiary/aromatic N) is 4. The first-order valence-corrected chi connectivity index (χ1v) is 10.0. The van der Waals surface area contributed by atoms with Crippen LogP contribution in [0.5, 0.6) is 17.2 Å². The Kier molecular flexibility index (Phi) is 5.85. The Morgan fingerprint density at radius 1 is 1.00 bits per heavy atom. The lowest BCUT2D eigenvalue weighted by atomic mass is 10.0. The Morgan fingerprint density at radius 3 is 2.33 bits per heavy atom. The summed E-state index contributed by atoms with van der Waals surface area (Å²) >= 11 is 0. The highest BCUT2D eigenvalue weighted by molar-refractivity contribution is 5.88. The minimum Gasteiger partial charge on any atom is -0.493 e. The van der Waals surface area contributed by atoms with Crippen LogP contribution in [0.2, 0.25) is 0 Å². The van der Waals surface area contributed by atoms with Crippen molar-refractivity contribution in [2.45, 2.75) is 25.4 Å². The Bertz CT molecular complexity index is 1080. The predicted octanol–water partition coefficient (Wildman–Crippen LogP) is 2.65. The van der Waals surface area contributed by atoms with Gasteiger partial charge in [-0.2, -0.15) is 0 Å². The molecule has 0 atom stereocenters. The molecule has 0 bridgehead atoms. The zero-order valence-electron chi connectivity index (χ0n) is 17.5. The van der Waals surface area contributed by atoms with E-state index in [0.29, 0.717) is 28.2 Å². The summed E-state index contributed by atoms with van der Waals surface area (Å²) in [6.07, 6.45) is 1.69. The van der Waals surface area contributed by atoms with Gasteiger partial charge in [0.1, 0.15) is 5.52 Å². The number of fused-ring (bicyclic) bond motifs is 1. The highest BCUT2D eigenvalue weighted by atomic mass is 16.5. The first kappa shape index (κ1) is 20.2.